The predicted octanol–water partition coefficient (Wildman–Crippen LogP) is 0.651. The largest absolute Gasteiger partial charge is 0.497 e. The number of hydrogen-bond acceptors (Lipinski definition) is 4. The molecule has 0 saturated heterocycles. The minimum Gasteiger partial charge on any atom is -0.497 e. The van der Waals surface area contributed by atoms with Gasteiger partial charge in [-0.15, -0.1) is 0 Å². The van der Waals surface area contributed by atoms with E-state index in [9.17, 15) is 13.2 Å². The van der Waals surface area contributed by atoms with Gasteiger partial charge in [-0.3, -0.25) is 4.79 Å². The molecular formula is C10H10O5S. The van der Waals surface area contributed by atoms with Crippen molar-refractivity contribution >= 4 is 15.8 Å². The number of carboxylic acid groups (broad SMARTS) is 1. The van der Waals surface area contributed by atoms with E-state index in [1.54, 1.807) is 0 Å². The Labute approximate surface area is 92.6 Å². The molecule has 6 heteroatoms. The zero-order valence-electron chi connectivity index (χ0n) is 8.50. The van der Waals surface area contributed by atoms with Crippen LogP contribution >= 0.6 is 0 Å². The van der Waals surface area contributed by atoms with Crippen LogP contribution in [0.5, 0.6) is 5.75 Å². The summed E-state index contributed by atoms with van der Waals surface area (Å²) < 4.78 is 28.3. The van der Waals surface area contributed by atoms with Crippen LogP contribution in [0.4, 0.5) is 0 Å². The molecule has 0 radical (unpaired) electrons. The fourth-order valence-electron chi connectivity index (χ4n) is 1.81. The van der Waals surface area contributed by atoms with Crippen LogP contribution in [0.1, 0.15) is 11.5 Å². The smallest absolute Gasteiger partial charge is 0.312 e. The fourth-order valence-corrected chi connectivity index (χ4v) is 3.59. The van der Waals surface area contributed by atoms with Crippen LogP contribution in [0.3, 0.4) is 0 Å². The van der Waals surface area contributed by atoms with Crippen molar-refractivity contribution in [3.63, 3.8) is 0 Å². The summed E-state index contributed by atoms with van der Waals surface area (Å²) in [6, 6.07) is 4.38. The molecule has 16 heavy (non-hydrogen) atoms. The van der Waals surface area contributed by atoms with E-state index in [1.165, 1.54) is 25.3 Å². The highest BCUT2D eigenvalue weighted by molar-refractivity contribution is 7.91. The molecule has 2 rings (SSSR count). The summed E-state index contributed by atoms with van der Waals surface area (Å²) in [5.41, 5.74) is 0.312. The SMILES string of the molecule is COc1ccc2c(c1)C(C(=O)O)CS2(=O)=O. The molecule has 1 aliphatic rings. The second-order valence-corrected chi connectivity index (χ2v) is 5.58. The van der Waals surface area contributed by atoms with Gasteiger partial charge in [-0.05, 0) is 23.8 Å². The van der Waals surface area contributed by atoms with Crippen LogP contribution < -0.4 is 4.74 Å². The average Bonchev–Trinajstić information content (AvgIpc) is 2.50. The number of carboxylic acids is 1. The number of fused-ring (bicyclic) bond motifs is 1. The highest BCUT2D eigenvalue weighted by Crippen LogP contribution is 2.37. The van der Waals surface area contributed by atoms with Gasteiger partial charge in [-0.2, -0.15) is 0 Å². The van der Waals surface area contributed by atoms with E-state index in [1.807, 2.05) is 0 Å². The summed E-state index contributed by atoms with van der Waals surface area (Å²) in [6.07, 6.45) is 0. The molecular weight excluding hydrogens is 232 g/mol. The molecule has 86 valence electrons. The summed E-state index contributed by atoms with van der Waals surface area (Å²) in [4.78, 5) is 11.0. The molecule has 1 aliphatic heterocycles. The van der Waals surface area contributed by atoms with Crippen LogP contribution in [-0.4, -0.2) is 32.4 Å². The Morgan fingerprint density at radius 2 is 2.19 bits per heavy atom. The first-order valence-electron chi connectivity index (χ1n) is 4.59. The zero-order chi connectivity index (χ0) is 11.9. The van der Waals surface area contributed by atoms with Gasteiger partial charge in [0.1, 0.15) is 5.75 Å². The minimum atomic E-state index is -3.46. The quantitative estimate of drug-likeness (QED) is 0.823. The Morgan fingerprint density at radius 1 is 1.50 bits per heavy atom. The van der Waals surface area contributed by atoms with Gasteiger partial charge >= 0.3 is 5.97 Å². The molecule has 0 fully saturated rings. The van der Waals surface area contributed by atoms with Crippen LogP contribution in [0.25, 0.3) is 0 Å². The number of aliphatic carboxylic acids is 1. The van der Waals surface area contributed by atoms with Crippen molar-refractivity contribution in [1.82, 2.24) is 0 Å². The molecule has 0 bridgehead atoms. The lowest BCUT2D eigenvalue weighted by atomic mass is 10.0. The Balaban J connectivity index is 2.64. The van der Waals surface area contributed by atoms with Crippen LogP contribution in [0.15, 0.2) is 23.1 Å². The number of carbonyl (C=O) groups is 1. The Morgan fingerprint density at radius 3 is 2.75 bits per heavy atom. The summed E-state index contributed by atoms with van der Waals surface area (Å²) in [6.45, 7) is 0. The maximum atomic E-state index is 11.7. The van der Waals surface area contributed by atoms with Gasteiger partial charge in [-0.1, -0.05) is 0 Å². The van der Waals surface area contributed by atoms with Crippen molar-refractivity contribution in [3.05, 3.63) is 23.8 Å². The molecule has 0 aliphatic carbocycles. The van der Waals surface area contributed by atoms with Gasteiger partial charge in [-0.25, -0.2) is 8.42 Å². The molecule has 0 spiro atoms. The molecule has 1 N–H and O–H groups in total. The van der Waals surface area contributed by atoms with Gasteiger partial charge in [0.2, 0.25) is 0 Å². The maximum Gasteiger partial charge on any atom is 0.312 e. The summed E-state index contributed by atoms with van der Waals surface area (Å²) in [5.74, 6) is -2.03. The highest BCUT2D eigenvalue weighted by Gasteiger charge is 2.39. The third-order valence-corrected chi connectivity index (χ3v) is 4.43. The number of benzene rings is 1. The van der Waals surface area contributed by atoms with Crippen LogP contribution in [0, 0.1) is 0 Å². The van der Waals surface area contributed by atoms with Crippen LogP contribution in [0.2, 0.25) is 0 Å². The maximum absolute atomic E-state index is 11.7. The zero-order valence-corrected chi connectivity index (χ0v) is 9.32. The molecule has 5 nitrogen and oxygen atoms in total. The van der Waals surface area contributed by atoms with E-state index in [0.717, 1.165) is 0 Å². The molecule has 1 aromatic carbocycles. The topological polar surface area (TPSA) is 80.7 Å². The predicted molar refractivity (Wildman–Crippen MR) is 55.4 cm³/mol. The van der Waals surface area contributed by atoms with Crippen LogP contribution in [-0.2, 0) is 14.6 Å². The summed E-state index contributed by atoms with van der Waals surface area (Å²) in [5, 5.41) is 8.95. The molecule has 0 aromatic heterocycles. The average molecular weight is 242 g/mol. The van der Waals surface area contributed by atoms with E-state index < -0.39 is 21.7 Å². The molecule has 0 saturated carbocycles. The van der Waals surface area contributed by atoms with Gasteiger partial charge in [0.25, 0.3) is 0 Å². The van der Waals surface area contributed by atoms with Gasteiger partial charge < -0.3 is 9.84 Å². The number of methoxy groups -OCH3 is 1. The lowest BCUT2D eigenvalue weighted by Crippen LogP contribution is -2.13. The van der Waals surface area contributed by atoms with Gasteiger partial charge in [0.05, 0.1) is 23.7 Å². The van der Waals surface area contributed by atoms with Crippen molar-refractivity contribution in [2.75, 3.05) is 12.9 Å². The van der Waals surface area contributed by atoms with E-state index in [4.69, 9.17) is 9.84 Å². The van der Waals surface area contributed by atoms with Crippen molar-refractivity contribution in [2.45, 2.75) is 10.8 Å². The molecule has 1 unspecified atom stereocenters. The first kappa shape index (κ1) is 10.9. The van der Waals surface area contributed by atoms with Gasteiger partial charge in [0.15, 0.2) is 9.84 Å². The van der Waals surface area contributed by atoms with Crippen molar-refractivity contribution in [2.24, 2.45) is 0 Å². The first-order chi connectivity index (χ1) is 7.45. The lowest BCUT2D eigenvalue weighted by Gasteiger charge is -2.05. The molecule has 1 heterocycles. The third kappa shape index (κ3) is 1.55. The van der Waals surface area contributed by atoms with E-state index >= 15 is 0 Å². The van der Waals surface area contributed by atoms with Crippen molar-refractivity contribution in [3.8, 4) is 5.75 Å². The Bertz CT molecular complexity index is 546. The second-order valence-electron chi connectivity index (χ2n) is 3.58. The normalized spacial score (nSPS) is 21.4. The van der Waals surface area contributed by atoms with Crippen molar-refractivity contribution < 1.29 is 23.1 Å². The number of ether oxygens (including phenoxy) is 1. The Kier molecular flexibility index (Phi) is 2.38. The summed E-state index contributed by atoms with van der Waals surface area (Å²) in [7, 11) is -2.02. The third-order valence-electron chi connectivity index (χ3n) is 2.61. The number of rotatable bonds is 2. The number of sulfone groups is 1. The van der Waals surface area contributed by atoms with Crippen molar-refractivity contribution in [1.29, 1.82) is 0 Å². The minimum absolute atomic E-state index is 0.0979. The van der Waals surface area contributed by atoms with E-state index in [0.29, 0.717) is 11.3 Å². The first-order valence-corrected chi connectivity index (χ1v) is 6.24. The van der Waals surface area contributed by atoms with E-state index in [2.05, 4.69) is 0 Å². The molecule has 1 atom stereocenters. The lowest BCUT2D eigenvalue weighted by molar-refractivity contribution is -0.138. The monoisotopic (exact) mass is 242 g/mol. The molecule has 0 amide bonds. The fraction of sp³-hybridized carbons (Fsp3) is 0.300. The Hall–Kier alpha value is -1.56. The van der Waals surface area contributed by atoms with E-state index in [-0.39, 0.29) is 10.6 Å². The summed E-state index contributed by atoms with van der Waals surface area (Å²) >= 11 is 0. The number of hydrogen-bond donors (Lipinski definition) is 1. The highest BCUT2D eigenvalue weighted by atomic mass is 32.2. The standard InChI is InChI=1S/C10H10O5S/c1-15-6-2-3-9-7(4-6)8(10(11)12)5-16(9,13)14/h2-4,8H,5H2,1H3,(H,11,12). The second kappa shape index (κ2) is 3.48. The molecule has 1 aromatic rings. The van der Waals surface area contributed by atoms with Gasteiger partial charge in [0, 0.05) is 0 Å².